The summed E-state index contributed by atoms with van der Waals surface area (Å²) in [6, 6.07) is 18.6. The molecule has 1 aliphatic heterocycles. The van der Waals surface area contributed by atoms with Gasteiger partial charge >= 0.3 is 5.97 Å². The lowest BCUT2D eigenvalue weighted by Crippen LogP contribution is -2.39. The molecule has 1 N–H and O–H groups in total. The van der Waals surface area contributed by atoms with Gasteiger partial charge in [-0.2, -0.15) is 0 Å². The molecule has 0 radical (unpaired) electrons. The van der Waals surface area contributed by atoms with E-state index >= 15 is 0 Å². The van der Waals surface area contributed by atoms with Crippen molar-refractivity contribution in [3.8, 4) is 0 Å². The van der Waals surface area contributed by atoms with E-state index in [4.69, 9.17) is 14.2 Å². The van der Waals surface area contributed by atoms with Gasteiger partial charge in [-0.1, -0.05) is 55.5 Å². The van der Waals surface area contributed by atoms with Gasteiger partial charge in [0.15, 0.2) is 6.10 Å². The maximum atomic E-state index is 12.6. The number of ether oxygens (including phenoxy) is 3. The van der Waals surface area contributed by atoms with Gasteiger partial charge in [0.2, 0.25) is 0 Å². The molecule has 0 unspecified atom stereocenters. The summed E-state index contributed by atoms with van der Waals surface area (Å²) < 4.78 is 17.7. The van der Waals surface area contributed by atoms with Gasteiger partial charge in [-0.3, -0.25) is 0 Å². The Morgan fingerprint density at radius 3 is 2.37 bits per heavy atom. The van der Waals surface area contributed by atoms with Gasteiger partial charge in [0.25, 0.3) is 0 Å². The summed E-state index contributed by atoms with van der Waals surface area (Å²) in [5, 5.41) is 9.73. The molecule has 2 aromatic rings. The van der Waals surface area contributed by atoms with E-state index in [1.54, 1.807) is 24.3 Å². The SMILES string of the molecule is CCS[C@H]1O[C@H](CO)[C@@H](OCc2ccccc2)[C@@H]1OC(=O)c1ccccc1. The second-order valence-electron chi connectivity index (χ2n) is 6.18. The lowest BCUT2D eigenvalue weighted by Gasteiger charge is -2.24. The van der Waals surface area contributed by atoms with Crippen molar-refractivity contribution >= 4 is 17.7 Å². The normalized spacial score (nSPS) is 24.7. The van der Waals surface area contributed by atoms with E-state index in [2.05, 4.69) is 0 Å². The first-order valence-electron chi connectivity index (χ1n) is 9.02. The van der Waals surface area contributed by atoms with Gasteiger partial charge in [-0.15, -0.1) is 11.8 Å². The van der Waals surface area contributed by atoms with Crippen molar-refractivity contribution in [2.45, 2.75) is 37.3 Å². The van der Waals surface area contributed by atoms with Crippen molar-refractivity contribution in [3.63, 3.8) is 0 Å². The molecular weight excluding hydrogens is 364 g/mol. The van der Waals surface area contributed by atoms with E-state index in [-0.39, 0.29) is 12.0 Å². The summed E-state index contributed by atoms with van der Waals surface area (Å²) in [6.07, 6.45) is -1.67. The molecule has 1 saturated heterocycles. The summed E-state index contributed by atoms with van der Waals surface area (Å²) in [5.41, 5.74) is 1.11. The lowest BCUT2D eigenvalue weighted by atomic mass is 10.1. The second kappa shape index (κ2) is 9.90. The molecule has 0 saturated carbocycles. The first-order valence-corrected chi connectivity index (χ1v) is 10.1. The van der Waals surface area contributed by atoms with Crippen LogP contribution in [0.2, 0.25) is 0 Å². The van der Waals surface area contributed by atoms with Gasteiger partial charge in [-0.25, -0.2) is 4.79 Å². The third-order valence-electron chi connectivity index (χ3n) is 4.32. The summed E-state index contributed by atoms with van der Waals surface area (Å²) >= 11 is 1.54. The zero-order chi connectivity index (χ0) is 19.1. The van der Waals surface area contributed by atoms with Crippen LogP contribution in [0.4, 0.5) is 0 Å². The molecule has 2 aromatic carbocycles. The molecule has 0 aliphatic carbocycles. The summed E-state index contributed by atoms with van der Waals surface area (Å²) in [7, 11) is 0. The zero-order valence-corrected chi connectivity index (χ0v) is 16.0. The Hall–Kier alpha value is -1.86. The number of hydrogen-bond donors (Lipinski definition) is 1. The monoisotopic (exact) mass is 388 g/mol. The van der Waals surface area contributed by atoms with Gasteiger partial charge in [0, 0.05) is 0 Å². The molecule has 5 nitrogen and oxygen atoms in total. The van der Waals surface area contributed by atoms with Crippen LogP contribution < -0.4 is 0 Å². The highest BCUT2D eigenvalue weighted by atomic mass is 32.2. The molecule has 144 valence electrons. The van der Waals surface area contributed by atoms with Crippen LogP contribution in [0.5, 0.6) is 0 Å². The maximum absolute atomic E-state index is 12.6. The molecule has 1 heterocycles. The van der Waals surface area contributed by atoms with E-state index < -0.39 is 24.3 Å². The molecule has 0 aromatic heterocycles. The third-order valence-corrected chi connectivity index (χ3v) is 5.36. The fourth-order valence-electron chi connectivity index (χ4n) is 3.00. The van der Waals surface area contributed by atoms with Crippen LogP contribution in [0.1, 0.15) is 22.8 Å². The average molecular weight is 388 g/mol. The molecule has 3 rings (SSSR count). The van der Waals surface area contributed by atoms with E-state index in [0.717, 1.165) is 11.3 Å². The third kappa shape index (κ3) is 5.11. The number of aliphatic hydroxyl groups excluding tert-OH is 1. The van der Waals surface area contributed by atoms with Crippen molar-refractivity contribution < 1.29 is 24.1 Å². The standard InChI is InChI=1S/C21H24O5S/c1-2-27-21-19(26-20(23)16-11-7-4-8-12-16)18(17(13-22)25-21)24-14-15-9-5-3-6-10-15/h3-12,17-19,21-22H,2,13-14H2,1H3/t17-,18-,19+,21-/m1/s1. The minimum absolute atomic E-state index is 0.195. The zero-order valence-electron chi connectivity index (χ0n) is 15.2. The number of thioether (sulfide) groups is 1. The van der Waals surface area contributed by atoms with Crippen molar-refractivity contribution in [3.05, 3.63) is 71.8 Å². The van der Waals surface area contributed by atoms with Gasteiger partial charge in [0.1, 0.15) is 17.6 Å². The highest BCUT2D eigenvalue weighted by molar-refractivity contribution is 7.99. The van der Waals surface area contributed by atoms with Crippen molar-refractivity contribution in [1.29, 1.82) is 0 Å². The average Bonchev–Trinajstić information content (AvgIpc) is 3.04. The van der Waals surface area contributed by atoms with Crippen LogP contribution in [0.25, 0.3) is 0 Å². The number of benzene rings is 2. The molecule has 1 aliphatic rings. The highest BCUT2D eigenvalue weighted by Crippen LogP contribution is 2.34. The molecule has 0 spiro atoms. The first-order chi connectivity index (χ1) is 13.2. The predicted molar refractivity (Wildman–Crippen MR) is 105 cm³/mol. The van der Waals surface area contributed by atoms with Crippen LogP contribution in [0.15, 0.2) is 60.7 Å². The number of aliphatic hydroxyl groups is 1. The molecule has 27 heavy (non-hydrogen) atoms. The van der Waals surface area contributed by atoms with E-state index in [1.165, 1.54) is 11.8 Å². The topological polar surface area (TPSA) is 65.0 Å². The summed E-state index contributed by atoms with van der Waals surface area (Å²) in [4.78, 5) is 12.6. The maximum Gasteiger partial charge on any atom is 0.338 e. The number of esters is 1. The van der Waals surface area contributed by atoms with Crippen molar-refractivity contribution in [2.24, 2.45) is 0 Å². The Bertz CT molecular complexity index is 709. The Morgan fingerprint density at radius 1 is 1.07 bits per heavy atom. The van der Waals surface area contributed by atoms with Gasteiger partial charge in [-0.05, 0) is 23.4 Å². The van der Waals surface area contributed by atoms with Crippen LogP contribution in [-0.4, -0.2) is 47.2 Å². The van der Waals surface area contributed by atoms with E-state index in [0.29, 0.717) is 12.2 Å². The highest BCUT2D eigenvalue weighted by Gasteiger charge is 2.47. The van der Waals surface area contributed by atoms with Crippen LogP contribution in [-0.2, 0) is 20.8 Å². The Kier molecular flexibility index (Phi) is 7.29. The number of hydrogen-bond acceptors (Lipinski definition) is 6. The summed E-state index contributed by atoms with van der Waals surface area (Å²) in [6.45, 7) is 2.17. The largest absolute Gasteiger partial charge is 0.452 e. The van der Waals surface area contributed by atoms with Crippen LogP contribution >= 0.6 is 11.8 Å². The van der Waals surface area contributed by atoms with E-state index in [9.17, 15) is 9.90 Å². The minimum atomic E-state index is -0.594. The Labute approximate surface area is 163 Å². The van der Waals surface area contributed by atoms with Crippen molar-refractivity contribution in [1.82, 2.24) is 0 Å². The Morgan fingerprint density at radius 2 is 1.74 bits per heavy atom. The number of carbonyl (C=O) groups excluding carboxylic acids is 1. The molecule has 6 heteroatoms. The molecule has 0 bridgehead atoms. The van der Waals surface area contributed by atoms with Crippen LogP contribution in [0, 0.1) is 0 Å². The second-order valence-corrected chi connectivity index (χ2v) is 7.55. The van der Waals surface area contributed by atoms with Gasteiger partial charge in [0.05, 0.1) is 18.8 Å². The first kappa shape index (κ1) is 19.9. The minimum Gasteiger partial charge on any atom is -0.452 e. The Balaban J connectivity index is 1.74. The smallest absolute Gasteiger partial charge is 0.338 e. The molecule has 0 amide bonds. The van der Waals surface area contributed by atoms with E-state index in [1.807, 2.05) is 43.3 Å². The molecule has 1 fully saturated rings. The molecule has 4 atom stereocenters. The lowest BCUT2D eigenvalue weighted by molar-refractivity contribution is -0.0660. The fraction of sp³-hybridized carbons (Fsp3) is 0.381. The summed E-state index contributed by atoms with van der Waals surface area (Å²) in [5.74, 6) is 0.381. The number of carbonyl (C=O) groups is 1. The fourth-order valence-corrected chi connectivity index (χ4v) is 3.95. The predicted octanol–water partition coefficient (Wildman–Crippen LogP) is 3.27. The van der Waals surface area contributed by atoms with Crippen LogP contribution in [0.3, 0.4) is 0 Å². The van der Waals surface area contributed by atoms with Crippen molar-refractivity contribution in [2.75, 3.05) is 12.4 Å². The quantitative estimate of drug-likeness (QED) is 0.700. The molecular formula is C21H24O5S. The van der Waals surface area contributed by atoms with Gasteiger partial charge < -0.3 is 19.3 Å². The number of rotatable bonds is 8.